The number of phenols is 1. The summed E-state index contributed by atoms with van der Waals surface area (Å²) < 4.78 is 7.73. The molecule has 0 saturated carbocycles. The molecule has 3 aromatic heterocycles. The van der Waals surface area contributed by atoms with Crippen molar-refractivity contribution in [1.82, 2.24) is 24.6 Å². The van der Waals surface area contributed by atoms with Crippen molar-refractivity contribution in [1.29, 1.82) is 0 Å². The smallest absolute Gasteiger partial charge is 0.228 e. The lowest BCUT2D eigenvalue weighted by Gasteiger charge is -2.27. The van der Waals surface area contributed by atoms with Crippen LogP contribution in [0.15, 0.2) is 79.3 Å². The zero-order chi connectivity index (χ0) is 20.1. The van der Waals surface area contributed by atoms with E-state index in [2.05, 4.69) is 27.2 Å². The van der Waals surface area contributed by atoms with E-state index in [0.29, 0.717) is 28.8 Å². The highest BCUT2D eigenvalue weighted by Crippen LogP contribution is 2.48. The van der Waals surface area contributed by atoms with Crippen LogP contribution in [0.3, 0.4) is 0 Å². The van der Waals surface area contributed by atoms with Gasteiger partial charge in [0.2, 0.25) is 11.7 Å². The van der Waals surface area contributed by atoms with Gasteiger partial charge in [0.25, 0.3) is 0 Å². The van der Waals surface area contributed by atoms with Crippen molar-refractivity contribution in [3.8, 4) is 28.9 Å². The predicted octanol–water partition coefficient (Wildman–Crippen LogP) is 4.18. The first-order valence-corrected chi connectivity index (χ1v) is 9.50. The third kappa shape index (κ3) is 2.52. The number of pyridine rings is 1. The molecule has 0 bridgehead atoms. The standard InChI is InChI=1S/C23H15N5O2/c29-15-9-10-16-18(12-15)30-23-20(19(16)14-6-2-1-3-7-14)22-26-21(27-28(22)13-25-23)17-8-4-5-11-24-17/h1-13,19,29H/t19-/m1/s1. The largest absolute Gasteiger partial charge is 0.508 e. The van der Waals surface area contributed by atoms with E-state index >= 15 is 0 Å². The van der Waals surface area contributed by atoms with Gasteiger partial charge in [0.1, 0.15) is 23.5 Å². The van der Waals surface area contributed by atoms with Crippen molar-refractivity contribution in [2.75, 3.05) is 0 Å². The van der Waals surface area contributed by atoms with Gasteiger partial charge in [0.15, 0.2) is 5.65 Å². The van der Waals surface area contributed by atoms with Crippen molar-refractivity contribution in [3.05, 3.63) is 95.9 Å². The molecule has 1 aliphatic heterocycles. The molecule has 4 heterocycles. The van der Waals surface area contributed by atoms with Gasteiger partial charge < -0.3 is 9.84 Å². The molecule has 1 aliphatic rings. The Labute approximate surface area is 171 Å². The van der Waals surface area contributed by atoms with E-state index in [1.165, 1.54) is 0 Å². The zero-order valence-corrected chi connectivity index (χ0v) is 15.7. The van der Waals surface area contributed by atoms with Crippen LogP contribution < -0.4 is 4.74 Å². The third-order valence-corrected chi connectivity index (χ3v) is 5.22. The predicted molar refractivity (Wildman–Crippen MR) is 110 cm³/mol. The van der Waals surface area contributed by atoms with Gasteiger partial charge >= 0.3 is 0 Å². The van der Waals surface area contributed by atoms with Crippen molar-refractivity contribution >= 4 is 5.65 Å². The Morgan fingerprint density at radius 1 is 0.933 bits per heavy atom. The lowest BCUT2D eigenvalue weighted by molar-refractivity contribution is 0.422. The van der Waals surface area contributed by atoms with E-state index in [-0.39, 0.29) is 11.7 Å². The number of hydrogen-bond acceptors (Lipinski definition) is 6. The average Bonchev–Trinajstić information content (AvgIpc) is 3.23. The number of aromatic hydroxyl groups is 1. The van der Waals surface area contributed by atoms with E-state index in [9.17, 15) is 5.11 Å². The minimum atomic E-state index is -0.164. The summed E-state index contributed by atoms with van der Waals surface area (Å²) in [6.45, 7) is 0. The first-order chi connectivity index (χ1) is 14.8. The van der Waals surface area contributed by atoms with Gasteiger partial charge in [0.05, 0.1) is 5.56 Å². The van der Waals surface area contributed by atoms with Crippen molar-refractivity contribution < 1.29 is 9.84 Å². The van der Waals surface area contributed by atoms with Crippen molar-refractivity contribution in [2.45, 2.75) is 5.92 Å². The average molecular weight is 393 g/mol. The molecule has 2 aromatic carbocycles. The molecule has 0 unspecified atom stereocenters. The lowest BCUT2D eigenvalue weighted by Crippen LogP contribution is -2.14. The summed E-state index contributed by atoms with van der Waals surface area (Å²) in [5.41, 5.74) is 4.19. The third-order valence-electron chi connectivity index (χ3n) is 5.22. The molecular formula is C23H15N5O2. The minimum Gasteiger partial charge on any atom is -0.508 e. The Morgan fingerprint density at radius 2 is 1.80 bits per heavy atom. The first kappa shape index (κ1) is 16.7. The van der Waals surface area contributed by atoms with Gasteiger partial charge in [-0.1, -0.05) is 42.5 Å². The SMILES string of the molecule is Oc1ccc2c(c1)Oc1ncn3nc(-c4ccccn4)nc3c1[C@@H]2c1ccccc1. The summed E-state index contributed by atoms with van der Waals surface area (Å²) in [5, 5.41) is 14.5. The number of benzene rings is 2. The Hall–Kier alpha value is -4.26. The number of ether oxygens (including phenoxy) is 1. The fourth-order valence-corrected chi connectivity index (χ4v) is 3.90. The van der Waals surface area contributed by atoms with E-state index in [1.54, 1.807) is 29.2 Å². The minimum absolute atomic E-state index is 0.144. The van der Waals surface area contributed by atoms with Crippen LogP contribution in [0, 0.1) is 0 Å². The van der Waals surface area contributed by atoms with Gasteiger partial charge in [-0.05, 0) is 23.8 Å². The second-order valence-corrected chi connectivity index (χ2v) is 7.05. The summed E-state index contributed by atoms with van der Waals surface area (Å²) in [6.07, 6.45) is 3.30. The summed E-state index contributed by atoms with van der Waals surface area (Å²) in [4.78, 5) is 13.6. The van der Waals surface area contributed by atoms with Gasteiger partial charge in [-0.3, -0.25) is 4.98 Å². The molecule has 7 nitrogen and oxygen atoms in total. The van der Waals surface area contributed by atoms with E-state index < -0.39 is 0 Å². The molecular weight excluding hydrogens is 378 g/mol. The lowest BCUT2D eigenvalue weighted by atomic mass is 9.84. The fraction of sp³-hybridized carbons (Fsp3) is 0.0435. The van der Waals surface area contributed by atoms with Gasteiger partial charge in [0, 0.05) is 23.7 Å². The summed E-state index contributed by atoms with van der Waals surface area (Å²) >= 11 is 0. The van der Waals surface area contributed by atoms with Crippen LogP contribution >= 0.6 is 0 Å². The van der Waals surface area contributed by atoms with E-state index in [0.717, 1.165) is 16.7 Å². The quantitative estimate of drug-likeness (QED) is 0.475. The van der Waals surface area contributed by atoms with Crippen molar-refractivity contribution in [3.63, 3.8) is 0 Å². The van der Waals surface area contributed by atoms with Crippen LogP contribution in [-0.4, -0.2) is 29.7 Å². The summed E-state index contributed by atoms with van der Waals surface area (Å²) in [5.74, 6) is 1.54. The number of nitrogens with zero attached hydrogens (tertiary/aromatic N) is 5. The molecule has 7 heteroatoms. The monoisotopic (exact) mass is 393 g/mol. The molecule has 0 aliphatic carbocycles. The summed E-state index contributed by atoms with van der Waals surface area (Å²) in [6, 6.07) is 20.9. The number of hydrogen-bond donors (Lipinski definition) is 1. The maximum Gasteiger partial charge on any atom is 0.228 e. The highest BCUT2D eigenvalue weighted by molar-refractivity contribution is 5.68. The Bertz CT molecular complexity index is 1380. The molecule has 30 heavy (non-hydrogen) atoms. The van der Waals surface area contributed by atoms with Crippen LogP contribution in [0.4, 0.5) is 0 Å². The molecule has 5 aromatic rings. The molecule has 6 rings (SSSR count). The maximum absolute atomic E-state index is 9.96. The molecule has 0 spiro atoms. The first-order valence-electron chi connectivity index (χ1n) is 9.50. The number of phenolic OH excluding ortho intramolecular Hbond substituents is 1. The maximum atomic E-state index is 9.96. The topological polar surface area (TPSA) is 85.4 Å². The second kappa shape index (κ2) is 6.38. The highest BCUT2D eigenvalue weighted by Gasteiger charge is 2.33. The molecule has 1 atom stereocenters. The summed E-state index contributed by atoms with van der Waals surface area (Å²) in [7, 11) is 0. The normalized spacial score (nSPS) is 14.7. The number of fused-ring (bicyclic) bond motifs is 4. The van der Waals surface area contributed by atoms with Crippen molar-refractivity contribution in [2.24, 2.45) is 0 Å². The van der Waals surface area contributed by atoms with E-state index in [1.807, 2.05) is 42.5 Å². The molecule has 0 radical (unpaired) electrons. The Balaban J connectivity index is 1.63. The van der Waals surface area contributed by atoms with Gasteiger partial charge in [-0.15, -0.1) is 5.10 Å². The van der Waals surface area contributed by atoms with Gasteiger partial charge in [-0.2, -0.15) is 0 Å². The molecule has 1 N–H and O–H groups in total. The Morgan fingerprint density at radius 3 is 2.63 bits per heavy atom. The van der Waals surface area contributed by atoms with Crippen LogP contribution in [0.2, 0.25) is 0 Å². The van der Waals surface area contributed by atoms with Crippen LogP contribution in [0.1, 0.15) is 22.6 Å². The fourth-order valence-electron chi connectivity index (χ4n) is 3.90. The molecule has 144 valence electrons. The van der Waals surface area contributed by atoms with Crippen LogP contribution in [0.25, 0.3) is 17.2 Å². The number of rotatable bonds is 2. The van der Waals surface area contributed by atoms with Crippen LogP contribution in [-0.2, 0) is 0 Å². The molecule has 0 saturated heterocycles. The van der Waals surface area contributed by atoms with Crippen LogP contribution in [0.5, 0.6) is 17.4 Å². The molecule has 0 amide bonds. The van der Waals surface area contributed by atoms with E-state index in [4.69, 9.17) is 9.72 Å². The molecule has 0 fully saturated rings. The number of aromatic nitrogens is 5. The highest BCUT2D eigenvalue weighted by atomic mass is 16.5. The second-order valence-electron chi connectivity index (χ2n) is 7.05. The zero-order valence-electron chi connectivity index (χ0n) is 15.7. The van der Waals surface area contributed by atoms with Gasteiger partial charge in [-0.25, -0.2) is 14.5 Å². The Kier molecular flexibility index (Phi) is 3.55.